The van der Waals surface area contributed by atoms with E-state index in [1.54, 1.807) is 12.1 Å². The summed E-state index contributed by atoms with van der Waals surface area (Å²) in [5.41, 5.74) is 1.29. The second-order valence-electron chi connectivity index (χ2n) is 8.16. The van der Waals surface area contributed by atoms with Crippen LogP contribution in [0.5, 0.6) is 5.75 Å². The van der Waals surface area contributed by atoms with Crippen molar-refractivity contribution in [2.45, 2.75) is 32.2 Å². The smallest absolute Gasteiger partial charge is 0.295 e. The Morgan fingerprint density at radius 3 is 2.41 bits per heavy atom. The van der Waals surface area contributed by atoms with Gasteiger partial charge in [-0.2, -0.15) is 0 Å². The number of benzene rings is 1. The van der Waals surface area contributed by atoms with Crippen LogP contribution >= 0.6 is 0 Å². The van der Waals surface area contributed by atoms with Crippen molar-refractivity contribution < 1.29 is 19.4 Å². The van der Waals surface area contributed by atoms with Gasteiger partial charge in [-0.25, -0.2) is 0 Å². The van der Waals surface area contributed by atoms with E-state index in [9.17, 15) is 14.7 Å². The van der Waals surface area contributed by atoms with Gasteiger partial charge < -0.3 is 19.6 Å². The molecule has 1 aromatic carbocycles. The predicted octanol–water partition coefficient (Wildman–Crippen LogP) is 3.63. The van der Waals surface area contributed by atoms with Crippen LogP contribution in [0.4, 0.5) is 0 Å². The van der Waals surface area contributed by atoms with E-state index in [4.69, 9.17) is 4.74 Å². The third-order valence-corrected chi connectivity index (χ3v) is 5.49. The van der Waals surface area contributed by atoms with Crippen molar-refractivity contribution in [3.05, 3.63) is 65.5 Å². The molecule has 1 amide bonds. The number of ether oxygens (including phenoxy) is 1. The molecule has 1 saturated heterocycles. The third kappa shape index (κ3) is 5.34. The van der Waals surface area contributed by atoms with E-state index in [1.807, 2.05) is 43.3 Å². The number of ketones is 1. The van der Waals surface area contributed by atoms with E-state index in [-0.39, 0.29) is 11.3 Å². The third-order valence-electron chi connectivity index (χ3n) is 5.49. The van der Waals surface area contributed by atoms with Gasteiger partial charge in [-0.3, -0.25) is 14.6 Å². The summed E-state index contributed by atoms with van der Waals surface area (Å²) in [5.74, 6) is -0.734. The van der Waals surface area contributed by atoms with Crippen molar-refractivity contribution in [3.63, 3.8) is 0 Å². The highest BCUT2D eigenvalue weighted by Crippen LogP contribution is 2.39. The summed E-state index contributed by atoms with van der Waals surface area (Å²) in [4.78, 5) is 33.3. The fraction of sp³-hybridized carbons (Fsp3) is 0.400. The number of aliphatic hydroxyl groups is 1. The molecule has 0 bridgehead atoms. The first-order chi connectivity index (χ1) is 15.4. The Hall–Kier alpha value is -3.19. The van der Waals surface area contributed by atoms with E-state index in [0.29, 0.717) is 25.3 Å². The zero-order valence-electron chi connectivity index (χ0n) is 19.0. The topological polar surface area (TPSA) is 83.0 Å². The molecule has 1 aromatic heterocycles. The lowest BCUT2D eigenvalue weighted by molar-refractivity contribution is -0.140. The van der Waals surface area contributed by atoms with Gasteiger partial charge in [-0.15, -0.1) is 0 Å². The molecule has 7 nitrogen and oxygen atoms in total. The summed E-state index contributed by atoms with van der Waals surface area (Å²) in [7, 11) is 3.82. The van der Waals surface area contributed by atoms with E-state index in [0.717, 1.165) is 30.6 Å². The Labute approximate surface area is 189 Å². The molecule has 7 heteroatoms. The number of nitrogens with zero attached hydrogens (tertiary/aromatic N) is 3. The van der Waals surface area contributed by atoms with Crippen LogP contribution in [0, 0.1) is 0 Å². The number of likely N-dealkylation sites (N-methyl/N-ethyl adjacent to an activating group) is 1. The molecular formula is C25H31N3O4. The van der Waals surface area contributed by atoms with Crippen molar-refractivity contribution in [2.24, 2.45) is 0 Å². The van der Waals surface area contributed by atoms with Crippen molar-refractivity contribution >= 4 is 17.4 Å². The quantitative estimate of drug-likeness (QED) is 0.265. The van der Waals surface area contributed by atoms with Crippen molar-refractivity contribution in [2.75, 3.05) is 33.8 Å². The van der Waals surface area contributed by atoms with E-state index in [2.05, 4.69) is 11.9 Å². The first kappa shape index (κ1) is 23.5. The lowest BCUT2D eigenvalue weighted by atomic mass is 9.95. The minimum absolute atomic E-state index is 0.0940. The maximum absolute atomic E-state index is 13.0. The molecular weight excluding hydrogens is 406 g/mol. The van der Waals surface area contributed by atoms with Crippen LogP contribution in [0.3, 0.4) is 0 Å². The molecule has 1 N–H and O–H groups in total. The Morgan fingerprint density at radius 2 is 1.78 bits per heavy atom. The van der Waals surface area contributed by atoms with Gasteiger partial charge in [0.15, 0.2) is 0 Å². The average molecular weight is 438 g/mol. The number of hydrogen-bond acceptors (Lipinski definition) is 6. The number of pyridine rings is 1. The minimum Gasteiger partial charge on any atom is -0.507 e. The molecule has 1 aliphatic heterocycles. The largest absolute Gasteiger partial charge is 0.507 e. The van der Waals surface area contributed by atoms with Crippen LogP contribution in [0.1, 0.15) is 43.4 Å². The maximum atomic E-state index is 13.0. The normalized spacial score (nSPS) is 17.9. The van der Waals surface area contributed by atoms with Gasteiger partial charge in [0.2, 0.25) is 0 Å². The molecule has 0 radical (unpaired) electrons. The van der Waals surface area contributed by atoms with Crippen LogP contribution in [-0.4, -0.2) is 65.4 Å². The standard InChI is InChI=1S/C25H31N3O4/c1-4-5-6-17-32-20-9-7-18(8-10-20)22-21(23(29)19-11-13-26-14-12-19)24(30)25(31)28(22)16-15-27(2)3/h7-14,22,29H,4-6,15-17H2,1-3H3. The summed E-state index contributed by atoms with van der Waals surface area (Å²) in [6.45, 7) is 3.76. The molecule has 170 valence electrons. The number of likely N-dealkylation sites (tertiary alicyclic amines) is 1. The second kappa shape index (κ2) is 10.9. The zero-order valence-corrected chi connectivity index (χ0v) is 19.0. The molecule has 32 heavy (non-hydrogen) atoms. The Kier molecular flexibility index (Phi) is 8.00. The highest BCUT2D eigenvalue weighted by atomic mass is 16.5. The fourth-order valence-electron chi connectivity index (χ4n) is 3.72. The zero-order chi connectivity index (χ0) is 23.1. The van der Waals surface area contributed by atoms with Gasteiger partial charge in [0.25, 0.3) is 11.7 Å². The number of aliphatic hydroxyl groups excluding tert-OH is 1. The van der Waals surface area contributed by atoms with Crippen LogP contribution < -0.4 is 4.74 Å². The average Bonchev–Trinajstić information content (AvgIpc) is 3.06. The summed E-state index contributed by atoms with van der Waals surface area (Å²) in [6, 6.07) is 9.97. The minimum atomic E-state index is -0.678. The van der Waals surface area contributed by atoms with Gasteiger partial charge >= 0.3 is 0 Å². The van der Waals surface area contributed by atoms with Crippen molar-refractivity contribution in [1.82, 2.24) is 14.8 Å². The SMILES string of the molecule is CCCCCOc1ccc(C2C(=C(O)c3ccncc3)C(=O)C(=O)N2CCN(C)C)cc1. The number of hydrogen-bond donors (Lipinski definition) is 1. The number of rotatable bonds is 10. The van der Waals surface area contributed by atoms with Crippen LogP contribution in [0.25, 0.3) is 5.76 Å². The first-order valence-corrected chi connectivity index (χ1v) is 11.0. The Balaban J connectivity index is 1.96. The molecule has 2 heterocycles. The summed E-state index contributed by atoms with van der Waals surface area (Å²) in [6.07, 6.45) is 6.32. The summed E-state index contributed by atoms with van der Waals surface area (Å²) < 4.78 is 5.79. The molecule has 3 rings (SSSR count). The molecule has 1 atom stereocenters. The van der Waals surface area contributed by atoms with Crippen LogP contribution in [0.2, 0.25) is 0 Å². The number of unbranched alkanes of at least 4 members (excludes halogenated alkanes) is 2. The predicted molar refractivity (Wildman–Crippen MR) is 123 cm³/mol. The monoisotopic (exact) mass is 437 g/mol. The lowest BCUT2D eigenvalue weighted by Crippen LogP contribution is -2.35. The number of carbonyl (C=O) groups excluding carboxylic acids is 2. The number of aromatic nitrogens is 1. The molecule has 0 spiro atoms. The van der Waals surface area contributed by atoms with Gasteiger partial charge in [0, 0.05) is 31.0 Å². The fourth-order valence-corrected chi connectivity index (χ4v) is 3.72. The van der Waals surface area contributed by atoms with Crippen molar-refractivity contribution in [3.8, 4) is 5.75 Å². The van der Waals surface area contributed by atoms with Crippen LogP contribution in [-0.2, 0) is 9.59 Å². The van der Waals surface area contributed by atoms with Gasteiger partial charge in [-0.05, 0) is 50.3 Å². The molecule has 1 fully saturated rings. The first-order valence-electron chi connectivity index (χ1n) is 11.0. The number of carbonyl (C=O) groups is 2. The van der Waals surface area contributed by atoms with E-state index in [1.165, 1.54) is 17.3 Å². The second-order valence-corrected chi connectivity index (χ2v) is 8.16. The van der Waals surface area contributed by atoms with Gasteiger partial charge in [0.1, 0.15) is 11.5 Å². The van der Waals surface area contributed by atoms with Gasteiger partial charge in [0.05, 0.1) is 18.2 Å². The molecule has 1 unspecified atom stereocenters. The Bertz CT molecular complexity index is 955. The highest BCUT2D eigenvalue weighted by Gasteiger charge is 2.45. The molecule has 0 aliphatic carbocycles. The number of amides is 1. The number of Topliss-reactive ketones (excluding diaryl/α,β-unsaturated/α-hetero) is 1. The molecule has 1 aliphatic rings. The van der Waals surface area contributed by atoms with E-state index >= 15 is 0 Å². The highest BCUT2D eigenvalue weighted by molar-refractivity contribution is 6.46. The van der Waals surface area contributed by atoms with Crippen molar-refractivity contribution in [1.29, 1.82) is 0 Å². The van der Waals surface area contributed by atoms with Crippen LogP contribution in [0.15, 0.2) is 54.4 Å². The van der Waals surface area contributed by atoms with E-state index < -0.39 is 17.7 Å². The lowest BCUT2D eigenvalue weighted by Gasteiger charge is -2.26. The summed E-state index contributed by atoms with van der Waals surface area (Å²) in [5, 5.41) is 11.0. The molecule has 0 saturated carbocycles. The maximum Gasteiger partial charge on any atom is 0.295 e. The molecule has 2 aromatic rings. The Morgan fingerprint density at radius 1 is 1.09 bits per heavy atom. The van der Waals surface area contributed by atoms with Gasteiger partial charge in [-0.1, -0.05) is 31.9 Å². The summed E-state index contributed by atoms with van der Waals surface area (Å²) >= 11 is 0.